The number of hydrogen-bond acceptors (Lipinski definition) is 3. The average molecular weight is 276 g/mol. The lowest BCUT2D eigenvalue weighted by Crippen LogP contribution is -1.91. The van der Waals surface area contributed by atoms with Gasteiger partial charge in [0.05, 0.1) is 5.88 Å². The molecule has 0 amide bonds. The van der Waals surface area contributed by atoms with Gasteiger partial charge in [-0.3, -0.25) is 0 Å². The highest BCUT2D eigenvalue weighted by molar-refractivity contribution is 7.13. The van der Waals surface area contributed by atoms with Gasteiger partial charge in [0.15, 0.2) is 0 Å². The van der Waals surface area contributed by atoms with E-state index < -0.39 is 0 Å². The van der Waals surface area contributed by atoms with Crippen molar-refractivity contribution in [3.05, 3.63) is 46.7 Å². The topological polar surface area (TPSA) is 22.1 Å². The first-order chi connectivity index (χ1) is 7.65. The predicted octanol–water partition coefficient (Wildman–Crippen LogP) is 4.47. The van der Waals surface area contributed by atoms with Crippen molar-refractivity contribution >= 4 is 34.5 Å². The van der Waals surface area contributed by atoms with Crippen LogP contribution in [-0.2, 0) is 5.88 Å². The van der Waals surface area contributed by atoms with E-state index in [2.05, 4.69) is 11.6 Å². The Labute approximate surface area is 109 Å². The first-order valence-electron chi connectivity index (χ1n) is 4.53. The molecule has 0 aromatic carbocycles. The lowest BCUT2D eigenvalue weighted by Gasteiger charge is -2.01. The summed E-state index contributed by atoms with van der Waals surface area (Å²) in [6, 6.07) is 0. The maximum absolute atomic E-state index is 5.68. The van der Waals surface area contributed by atoms with Crippen molar-refractivity contribution in [2.24, 2.45) is 0 Å². The molecule has 0 radical (unpaired) electrons. The number of aromatic nitrogens is 1. The molecule has 0 atom stereocenters. The molecule has 0 saturated carbocycles. The summed E-state index contributed by atoms with van der Waals surface area (Å²) in [4.78, 5) is 5.04. The van der Waals surface area contributed by atoms with Crippen molar-refractivity contribution in [3.8, 4) is 5.19 Å². The third-order valence-electron chi connectivity index (χ3n) is 1.50. The fourth-order valence-corrected chi connectivity index (χ4v) is 1.90. The van der Waals surface area contributed by atoms with Gasteiger partial charge in [-0.2, -0.15) is 0 Å². The molecule has 0 aliphatic carbocycles. The molecule has 0 aliphatic heterocycles. The Morgan fingerprint density at radius 2 is 2.44 bits per heavy atom. The van der Waals surface area contributed by atoms with Crippen LogP contribution < -0.4 is 4.74 Å². The summed E-state index contributed by atoms with van der Waals surface area (Å²) in [5, 5.41) is 0.945. The summed E-state index contributed by atoms with van der Waals surface area (Å²) in [6.07, 6.45) is 6.95. The molecule has 1 rings (SSSR count). The number of allylic oxidation sites excluding steroid dienone is 4. The minimum atomic E-state index is 0.405. The van der Waals surface area contributed by atoms with Crippen LogP contribution in [0.25, 0.3) is 0 Å². The summed E-state index contributed by atoms with van der Waals surface area (Å²) in [6.45, 7) is 5.47. The Hall–Kier alpha value is -0.770. The van der Waals surface area contributed by atoms with Gasteiger partial charge in [0.2, 0.25) is 0 Å². The third kappa shape index (κ3) is 4.39. The fraction of sp³-hybridized carbons (Fsp3) is 0.182. The lowest BCUT2D eigenvalue weighted by molar-refractivity contribution is 0.441. The van der Waals surface area contributed by atoms with E-state index in [0.717, 1.165) is 4.88 Å². The van der Waals surface area contributed by atoms with Crippen molar-refractivity contribution in [1.29, 1.82) is 0 Å². The normalized spacial score (nSPS) is 12.1. The Balaban J connectivity index is 2.79. The number of alkyl halides is 1. The van der Waals surface area contributed by atoms with Gasteiger partial charge < -0.3 is 4.74 Å². The first-order valence-corrected chi connectivity index (χ1v) is 6.26. The summed E-state index contributed by atoms with van der Waals surface area (Å²) < 4.78 is 5.53. The van der Waals surface area contributed by atoms with Gasteiger partial charge in [0, 0.05) is 16.1 Å². The fourth-order valence-electron chi connectivity index (χ4n) is 0.930. The number of halogens is 2. The van der Waals surface area contributed by atoms with E-state index in [1.54, 1.807) is 18.3 Å². The van der Waals surface area contributed by atoms with E-state index in [4.69, 9.17) is 27.9 Å². The zero-order valence-corrected chi connectivity index (χ0v) is 11.1. The van der Waals surface area contributed by atoms with Gasteiger partial charge in [0.25, 0.3) is 5.19 Å². The van der Waals surface area contributed by atoms with Crippen LogP contribution in [0.4, 0.5) is 0 Å². The van der Waals surface area contributed by atoms with E-state index >= 15 is 0 Å². The minimum Gasteiger partial charge on any atom is -0.431 e. The molecule has 1 aromatic heterocycles. The maximum atomic E-state index is 5.68. The molecule has 86 valence electrons. The van der Waals surface area contributed by atoms with Crippen molar-refractivity contribution in [3.63, 3.8) is 0 Å². The summed E-state index contributed by atoms with van der Waals surface area (Å²) in [5.41, 5.74) is 0. The smallest absolute Gasteiger partial charge is 0.278 e. The van der Waals surface area contributed by atoms with E-state index in [1.165, 1.54) is 11.3 Å². The first kappa shape index (κ1) is 13.3. The molecule has 0 spiro atoms. The molecule has 2 nitrogen and oxygen atoms in total. The maximum Gasteiger partial charge on any atom is 0.278 e. The second-order valence-corrected chi connectivity index (χ2v) is 4.65. The van der Waals surface area contributed by atoms with Crippen LogP contribution in [0.15, 0.2) is 41.8 Å². The molecule has 0 N–H and O–H groups in total. The second-order valence-electron chi connectivity index (χ2n) is 2.82. The van der Waals surface area contributed by atoms with E-state index in [-0.39, 0.29) is 0 Å². The van der Waals surface area contributed by atoms with Crippen molar-refractivity contribution in [1.82, 2.24) is 4.98 Å². The number of ether oxygens (including phenoxy) is 1. The Morgan fingerprint density at radius 1 is 1.69 bits per heavy atom. The molecule has 0 fully saturated rings. The van der Waals surface area contributed by atoms with Crippen molar-refractivity contribution in [2.75, 3.05) is 0 Å². The zero-order chi connectivity index (χ0) is 12.0. The monoisotopic (exact) mass is 275 g/mol. The summed E-state index contributed by atoms with van der Waals surface area (Å²) in [7, 11) is 0. The Morgan fingerprint density at radius 3 is 2.94 bits per heavy atom. The Bertz CT molecular complexity index is 423. The zero-order valence-electron chi connectivity index (χ0n) is 8.74. The predicted molar refractivity (Wildman–Crippen MR) is 70.2 cm³/mol. The number of rotatable bonds is 5. The SMILES string of the molecule is C=C(Cl)/C=C(\C=C/C)Oc1ncc(CCl)s1. The standard InChI is InChI=1S/C11H11Cl2NOS/c1-3-4-9(5-8(2)13)15-11-14-7-10(6-12)16-11/h3-5,7H,2,6H2,1H3/b4-3-,9-5+. The van der Waals surface area contributed by atoms with E-state index in [9.17, 15) is 0 Å². The van der Waals surface area contributed by atoms with Gasteiger partial charge >= 0.3 is 0 Å². The summed E-state index contributed by atoms with van der Waals surface area (Å²) in [5.74, 6) is 1.03. The van der Waals surface area contributed by atoms with Crippen molar-refractivity contribution < 1.29 is 4.74 Å². The molecule has 0 saturated heterocycles. The molecule has 1 aromatic rings. The number of hydrogen-bond donors (Lipinski definition) is 0. The number of thiazole rings is 1. The van der Waals surface area contributed by atoms with Gasteiger partial charge in [-0.1, -0.05) is 35.6 Å². The third-order valence-corrected chi connectivity index (χ3v) is 2.93. The van der Waals surface area contributed by atoms with E-state index in [1.807, 2.05) is 13.0 Å². The van der Waals surface area contributed by atoms with Crippen molar-refractivity contribution in [2.45, 2.75) is 12.8 Å². The molecule has 16 heavy (non-hydrogen) atoms. The quantitative estimate of drug-likeness (QED) is 0.449. The van der Waals surface area contributed by atoms with Gasteiger partial charge in [0.1, 0.15) is 5.76 Å². The van der Waals surface area contributed by atoms with Crippen LogP contribution in [0, 0.1) is 0 Å². The van der Waals surface area contributed by atoms with Gasteiger partial charge in [-0.15, -0.1) is 11.6 Å². The molecule has 0 aliphatic rings. The van der Waals surface area contributed by atoms with Gasteiger partial charge in [-0.25, -0.2) is 4.98 Å². The van der Waals surface area contributed by atoms with Crippen LogP contribution in [0.3, 0.4) is 0 Å². The van der Waals surface area contributed by atoms with Crippen LogP contribution in [0.1, 0.15) is 11.8 Å². The molecular formula is C11H11Cl2NOS. The molecule has 0 bridgehead atoms. The van der Waals surface area contributed by atoms with Crippen LogP contribution in [0.5, 0.6) is 5.19 Å². The lowest BCUT2D eigenvalue weighted by atomic mass is 10.4. The van der Waals surface area contributed by atoms with E-state index in [0.29, 0.717) is 21.9 Å². The largest absolute Gasteiger partial charge is 0.431 e. The highest BCUT2D eigenvalue weighted by Crippen LogP contribution is 2.24. The average Bonchev–Trinajstić information content (AvgIpc) is 2.65. The van der Waals surface area contributed by atoms with Crippen LogP contribution in [0.2, 0.25) is 0 Å². The highest BCUT2D eigenvalue weighted by atomic mass is 35.5. The second kappa shape index (κ2) is 6.74. The Kier molecular flexibility index (Phi) is 5.60. The van der Waals surface area contributed by atoms with Crippen LogP contribution >= 0.6 is 34.5 Å². The highest BCUT2D eigenvalue weighted by Gasteiger charge is 2.04. The van der Waals surface area contributed by atoms with Gasteiger partial charge in [-0.05, 0) is 19.1 Å². The number of nitrogens with zero attached hydrogens (tertiary/aromatic N) is 1. The molecule has 1 heterocycles. The van der Waals surface area contributed by atoms with Crippen LogP contribution in [-0.4, -0.2) is 4.98 Å². The molecule has 5 heteroatoms. The molecular weight excluding hydrogens is 265 g/mol. The molecule has 0 unspecified atom stereocenters. The minimum absolute atomic E-state index is 0.405. The summed E-state index contributed by atoms with van der Waals surface area (Å²) >= 11 is 12.8.